The van der Waals surface area contributed by atoms with Crippen LogP contribution in [0.5, 0.6) is 0 Å². The molecule has 1 aromatic rings. The quantitative estimate of drug-likeness (QED) is 0.517. The highest BCUT2D eigenvalue weighted by atomic mass is 16.5. The van der Waals surface area contributed by atoms with Gasteiger partial charge in [-0.15, -0.1) is 0 Å². The molecule has 1 fully saturated rings. The second kappa shape index (κ2) is 6.69. The van der Waals surface area contributed by atoms with Crippen molar-refractivity contribution < 1.29 is 9.53 Å². The van der Waals surface area contributed by atoms with E-state index in [1.165, 1.54) is 18.4 Å². The molecule has 0 saturated heterocycles. The molecule has 0 bridgehead atoms. The van der Waals surface area contributed by atoms with Crippen molar-refractivity contribution in [3.63, 3.8) is 0 Å². The third-order valence-electron chi connectivity index (χ3n) is 3.42. The first-order valence-corrected chi connectivity index (χ1v) is 6.99. The maximum Gasteiger partial charge on any atom is 0.188 e. The van der Waals surface area contributed by atoms with Crippen LogP contribution in [0.3, 0.4) is 0 Å². The van der Waals surface area contributed by atoms with E-state index in [-0.39, 0.29) is 12.4 Å². The zero-order valence-electron chi connectivity index (χ0n) is 11.2. The highest BCUT2D eigenvalue weighted by Gasteiger charge is 2.20. The van der Waals surface area contributed by atoms with Crippen molar-refractivity contribution in [3.05, 3.63) is 35.4 Å². The van der Waals surface area contributed by atoms with Gasteiger partial charge in [-0.05, 0) is 24.3 Å². The van der Waals surface area contributed by atoms with Crippen molar-refractivity contribution >= 4 is 5.78 Å². The second-order valence-corrected chi connectivity index (χ2v) is 5.15. The van der Waals surface area contributed by atoms with Gasteiger partial charge in [0, 0.05) is 12.2 Å². The van der Waals surface area contributed by atoms with E-state index in [0.717, 1.165) is 37.4 Å². The van der Waals surface area contributed by atoms with Crippen LogP contribution in [0, 0.1) is 5.92 Å². The molecule has 1 aromatic carbocycles. The van der Waals surface area contributed by atoms with Crippen molar-refractivity contribution in [2.75, 3.05) is 13.2 Å². The van der Waals surface area contributed by atoms with E-state index in [2.05, 4.69) is 6.92 Å². The number of Topliss-reactive ketones (excluding diaryl/α,β-unsaturated/α-hetero) is 1. The van der Waals surface area contributed by atoms with Crippen molar-refractivity contribution in [2.24, 2.45) is 5.92 Å². The molecule has 1 saturated carbocycles. The fraction of sp³-hybridized carbons (Fsp3) is 0.562. The van der Waals surface area contributed by atoms with Crippen LogP contribution in [0.1, 0.15) is 48.5 Å². The molecule has 0 radical (unpaired) electrons. The van der Waals surface area contributed by atoms with Crippen LogP contribution in [0.2, 0.25) is 0 Å². The second-order valence-electron chi connectivity index (χ2n) is 5.15. The highest BCUT2D eigenvalue weighted by molar-refractivity contribution is 5.97. The van der Waals surface area contributed by atoms with E-state index in [9.17, 15) is 4.79 Å². The predicted octanol–water partition coefficient (Wildman–Crippen LogP) is 3.64. The Balaban J connectivity index is 1.72. The molecule has 1 aliphatic rings. The summed E-state index contributed by atoms with van der Waals surface area (Å²) in [6.07, 6.45) is 6.01. The fourth-order valence-electron chi connectivity index (χ4n) is 2.05. The molecule has 2 heteroatoms. The Hall–Kier alpha value is -1.15. The summed E-state index contributed by atoms with van der Waals surface area (Å²) >= 11 is 0. The van der Waals surface area contributed by atoms with Gasteiger partial charge in [0.1, 0.15) is 6.61 Å². The lowest BCUT2D eigenvalue weighted by atomic mass is 10.1. The minimum atomic E-state index is 0.0915. The minimum Gasteiger partial charge on any atom is -0.373 e. The number of ketones is 1. The standard InChI is InChI=1S/C16H22O2/c1-2-3-13-6-8-15(9-7-13)16(17)12-18-11-10-14-4-5-14/h6-9,14H,2-5,10-12H2,1H3. The van der Waals surface area contributed by atoms with Crippen LogP contribution in [0.25, 0.3) is 0 Å². The summed E-state index contributed by atoms with van der Waals surface area (Å²) in [5.74, 6) is 0.960. The maximum atomic E-state index is 11.8. The Morgan fingerprint density at radius 3 is 2.61 bits per heavy atom. The molecule has 2 rings (SSSR count). The van der Waals surface area contributed by atoms with Gasteiger partial charge < -0.3 is 4.74 Å². The Kier molecular flexibility index (Phi) is 4.94. The first-order chi connectivity index (χ1) is 8.79. The Bertz CT molecular complexity index is 377. The smallest absolute Gasteiger partial charge is 0.188 e. The van der Waals surface area contributed by atoms with Gasteiger partial charge in [-0.1, -0.05) is 50.5 Å². The summed E-state index contributed by atoms with van der Waals surface area (Å²) in [7, 11) is 0. The molecule has 2 nitrogen and oxygen atoms in total. The molecule has 0 unspecified atom stereocenters. The van der Waals surface area contributed by atoms with Gasteiger partial charge in [-0.25, -0.2) is 0 Å². The predicted molar refractivity (Wildman–Crippen MR) is 72.9 cm³/mol. The first-order valence-electron chi connectivity index (χ1n) is 6.99. The topological polar surface area (TPSA) is 26.3 Å². The number of benzene rings is 1. The molecule has 0 N–H and O–H groups in total. The van der Waals surface area contributed by atoms with Crippen molar-refractivity contribution in [3.8, 4) is 0 Å². The van der Waals surface area contributed by atoms with Gasteiger partial charge in [0.25, 0.3) is 0 Å². The van der Waals surface area contributed by atoms with Gasteiger partial charge in [0.15, 0.2) is 5.78 Å². The zero-order chi connectivity index (χ0) is 12.8. The average Bonchev–Trinajstić information content (AvgIpc) is 3.20. The van der Waals surface area contributed by atoms with Gasteiger partial charge in [-0.3, -0.25) is 4.79 Å². The number of carbonyl (C=O) groups excluding carboxylic acids is 1. The minimum absolute atomic E-state index is 0.0915. The van der Waals surface area contributed by atoms with Crippen LogP contribution in [-0.4, -0.2) is 19.0 Å². The molecule has 0 atom stereocenters. The largest absolute Gasteiger partial charge is 0.373 e. The molecule has 1 aliphatic carbocycles. The van der Waals surface area contributed by atoms with Gasteiger partial charge >= 0.3 is 0 Å². The highest BCUT2D eigenvalue weighted by Crippen LogP contribution is 2.32. The molecular weight excluding hydrogens is 224 g/mol. The lowest BCUT2D eigenvalue weighted by Gasteiger charge is -2.04. The third-order valence-corrected chi connectivity index (χ3v) is 3.42. The Morgan fingerprint density at radius 1 is 1.28 bits per heavy atom. The third kappa shape index (κ3) is 4.26. The number of hydrogen-bond acceptors (Lipinski definition) is 2. The van der Waals surface area contributed by atoms with Crippen molar-refractivity contribution in [1.82, 2.24) is 0 Å². The summed E-state index contributed by atoms with van der Waals surface area (Å²) in [5, 5.41) is 0. The average molecular weight is 246 g/mol. The number of aryl methyl sites for hydroxylation is 1. The lowest BCUT2D eigenvalue weighted by Crippen LogP contribution is -2.10. The summed E-state index contributed by atoms with van der Waals surface area (Å²) in [6, 6.07) is 7.91. The molecule has 0 aromatic heterocycles. The van der Waals surface area contributed by atoms with Gasteiger partial charge in [0.2, 0.25) is 0 Å². The molecular formula is C16H22O2. The molecule has 0 heterocycles. The fourth-order valence-corrected chi connectivity index (χ4v) is 2.05. The molecule has 98 valence electrons. The number of rotatable bonds is 8. The maximum absolute atomic E-state index is 11.8. The lowest BCUT2D eigenvalue weighted by molar-refractivity contribution is 0.0748. The summed E-state index contributed by atoms with van der Waals surface area (Å²) in [5.41, 5.74) is 2.06. The summed E-state index contributed by atoms with van der Waals surface area (Å²) in [6.45, 7) is 3.11. The van der Waals surface area contributed by atoms with Gasteiger partial charge in [0.05, 0.1) is 0 Å². The molecule has 18 heavy (non-hydrogen) atoms. The van der Waals surface area contributed by atoms with Crippen LogP contribution in [-0.2, 0) is 11.2 Å². The molecule has 0 spiro atoms. The monoisotopic (exact) mass is 246 g/mol. The number of carbonyl (C=O) groups is 1. The van der Waals surface area contributed by atoms with E-state index in [1.54, 1.807) is 0 Å². The van der Waals surface area contributed by atoms with Crippen molar-refractivity contribution in [1.29, 1.82) is 0 Å². The SMILES string of the molecule is CCCc1ccc(C(=O)COCCC2CC2)cc1. The summed E-state index contributed by atoms with van der Waals surface area (Å²) < 4.78 is 5.43. The van der Waals surface area contributed by atoms with E-state index in [4.69, 9.17) is 4.74 Å². The zero-order valence-corrected chi connectivity index (χ0v) is 11.2. The Labute approximate surface area is 109 Å². The normalized spacial score (nSPS) is 14.7. The Morgan fingerprint density at radius 2 is 2.00 bits per heavy atom. The molecule has 0 amide bonds. The van der Waals surface area contributed by atoms with E-state index < -0.39 is 0 Å². The first kappa shape index (κ1) is 13.3. The summed E-state index contributed by atoms with van der Waals surface area (Å²) in [4.78, 5) is 11.8. The van der Waals surface area contributed by atoms with E-state index in [1.807, 2.05) is 24.3 Å². The van der Waals surface area contributed by atoms with E-state index in [0.29, 0.717) is 0 Å². The number of hydrogen-bond donors (Lipinski definition) is 0. The van der Waals surface area contributed by atoms with Crippen LogP contribution >= 0.6 is 0 Å². The van der Waals surface area contributed by atoms with Crippen LogP contribution < -0.4 is 0 Å². The van der Waals surface area contributed by atoms with Crippen molar-refractivity contribution in [2.45, 2.75) is 39.0 Å². The van der Waals surface area contributed by atoms with E-state index >= 15 is 0 Å². The molecule has 0 aliphatic heterocycles. The van der Waals surface area contributed by atoms with Gasteiger partial charge in [-0.2, -0.15) is 0 Å². The van der Waals surface area contributed by atoms with Crippen LogP contribution in [0.15, 0.2) is 24.3 Å². The number of ether oxygens (including phenoxy) is 1. The van der Waals surface area contributed by atoms with Crippen LogP contribution in [0.4, 0.5) is 0 Å².